The molecule has 0 atom stereocenters. The number of hydrogen-bond donors (Lipinski definition) is 2. The zero-order valence-corrected chi connectivity index (χ0v) is 10.6. The van der Waals surface area contributed by atoms with Crippen molar-refractivity contribution in [1.29, 1.82) is 0 Å². The molecule has 0 aliphatic heterocycles. The summed E-state index contributed by atoms with van der Waals surface area (Å²) >= 11 is 0. The summed E-state index contributed by atoms with van der Waals surface area (Å²) in [4.78, 5) is 26.7. The van der Waals surface area contributed by atoms with E-state index in [2.05, 4.69) is 4.98 Å². The number of carboxylic acids is 1. The van der Waals surface area contributed by atoms with Crippen LogP contribution in [0.15, 0.2) is 12.3 Å². The van der Waals surface area contributed by atoms with E-state index >= 15 is 0 Å². The summed E-state index contributed by atoms with van der Waals surface area (Å²) in [7, 11) is 0. The number of nitrogens with zero attached hydrogens (tertiary/aromatic N) is 1. The van der Waals surface area contributed by atoms with Crippen LogP contribution < -0.4 is 5.73 Å². The van der Waals surface area contributed by atoms with Crippen LogP contribution in [0.25, 0.3) is 0 Å². The molecule has 1 heterocycles. The number of rotatable bonds is 3. The topological polar surface area (TPSA) is 103 Å². The van der Waals surface area contributed by atoms with Crippen LogP contribution in [0.1, 0.15) is 47.2 Å². The minimum Gasteiger partial charge on any atom is -0.478 e. The summed E-state index contributed by atoms with van der Waals surface area (Å²) in [6.45, 7) is 5.24. The van der Waals surface area contributed by atoms with Crippen molar-refractivity contribution in [3.63, 3.8) is 0 Å². The highest BCUT2D eigenvalue weighted by molar-refractivity contribution is 6.01. The molecule has 0 amide bonds. The molecule has 18 heavy (non-hydrogen) atoms. The third kappa shape index (κ3) is 3.53. The number of hydrogen-bond acceptors (Lipinski definition) is 5. The van der Waals surface area contributed by atoms with Crippen molar-refractivity contribution in [2.24, 2.45) is 5.73 Å². The average molecular weight is 252 g/mol. The SMILES string of the molecule is CC(C)(C)OC(=O)c1ncc(CN)cc1C(=O)O. The number of aromatic carboxylic acids is 1. The molecule has 1 rings (SSSR count). The van der Waals surface area contributed by atoms with Crippen molar-refractivity contribution < 1.29 is 19.4 Å². The average Bonchev–Trinajstić information content (AvgIpc) is 2.25. The summed E-state index contributed by atoms with van der Waals surface area (Å²) in [6, 6.07) is 1.33. The fraction of sp³-hybridized carbons (Fsp3) is 0.417. The summed E-state index contributed by atoms with van der Waals surface area (Å²) in [5, 5.41) is 9.04. The van der Waals surface area contributed by atoms with Crippen molar-refractivity contribution in [3.8, 4) is 0 Å². The van der Waals surface area contributed by atoms with Gasteiger partial charge in [-0.1, -0.05) is 0 Å². The Hall–Kier alpha value is -1.95. The maximum absolute atomic E-state index is 11.8. The first-order valence-corrected chi connectivity index (χ1v) is 5.40. The van der Waals surface area contributed by atoms with Crippen LogP contribution in [-0.4, -0.2) is 27.6 Å². The van der Waals surface area contributed by atoms with Gasteiger partial charge in [0.15, 0.2) is 5.69 Å². The molecule has 3 N–H and O–H groups in total. The monoisotopic (exact) mass is 252 g/mol. The molecular formula is C12H16N2O4. The van der Waals surface area contributed by atoms with Gasteiger partial charge in [-0.05, 0) is 32.4 Å². The van der Waals surface area contributed by atoms with Gasteiger partial charge in [-0.2, -0.15) is 0 Å². The van der Waals surface area contributed by atoms with Crippen molar-refractivity contribution in [3.05, 3.63) is 29.1 Å². The minimum absolute atomic E-state index is 0.155. The Morgan fingerprint density at radius 1 is 1.44 bits per heavy atom. The Morgan fingerprint density at radius 2 is 2.06 bits per heavy atom. The van der Waals surface area contributed by atoms with Gasteiger partial charge >= 0.3 is 11.9 Å². The second kappa shape index (κ2) is 5.14. The highest BCUT2D eigenvalue weighted by Crippen LogP contribution is 2.15. The number of ether oxygens (including phenoxy) is 1. The van der Waals surface area contributed by atoms with Crippen molar-refractivity contribution in [2.45, 2.75) is 32.9 Å². The first-order valence-electron chi connectivity index (χ1n) is 5.40. The van der Waals surface area contributed by atoms with Gasteiger partial charge in [0, 0.05) is 12.7 Å². The minimum atomic E-state index is -1.24. The molecule has 0 bridgehead atoms. The van der Waals surface area contributed by atoms with Gasteiger partial charge in [-0.25, -0.2) is 14.6 Å². The lowest BCUT2D eigenvalue weighted by atomic mass is 10.1. The molecule has 98 valence electrons. The van der Waals surface area contributed by atoms with Crippen LogP contribution >= 0.6 is 0 Å². The lowest BCUT2D eigenvalue weighted by Gasteiger charge is -2.19. The normalized spacial score (nSPS) is 11.1. The third-order valence-corrected chi connectivity index (χ3v) is 2.00. The smallest absolute Gasteiger partial charge is 0.358 e. The molecule has 6 heteroatoms. The number of carboxylic acid groups (broad SMARTS) is 1. The van der Waals surface area contributed by atoms with Crippen molar-refractivity contribution >= 4 is 11.9 Å². The first kappa shape index (κ1) is 14.1. The summed E-state index contributed by atoms with van der Waals surface area (Å²) in [5.74, 6) is -2.00. The Morgan fingerprint density at radius 3 is 2.50 bits per heavy atom. The van der Waals surface area contributed by atoms with Gasteiger partial charge in [0.2, 0.25) is 0 Å². The van der Waals surface area contributed by atoms with Crippen molar-refractivity contribution in [1.82, 2.24) is 4.98 Å². The molecule has 0 unspecified atom stereocenters. The van der Waals surface area contributed by atoms with E-state index in [1.165, 1.54) is 12.3 Å². The van der Waals surface area contributed by atoms with Crippen LogP contribution in [-0.2, 0) is 11.3 Å². The molecule has 0 saturated heterocycles. The first-order chi connectivity index (χ1) is 8.24. The molecule has 0 aliphatic carbocycles. The van der Waals surface area contributed by atoms with E-state index in [1.807, 2.05) is 0 Å². The number of aromatic nitrogens is 1. The van der Waals surface area contributed by atoms with Crippen LogP contribution in [0.3, 0.4) is 0 Å². The van der Waals surface area contributed by atoms with Crippen molar-refractivity contribution in [2.75, 3.05) is 0 Å². The summed E-state index contributed by atoms with van der Waals surface area (Å²) in [5.41, 5.74) is 4.82. The Labute approximate surface area is 105 Å². The molecule has 0 fully saturated rings. The standard InChI is InChI=1S/C12H16N2O4/c1-12(2,3)18-11(17)9-8(10(15)16)4-7(5-13)6-14-9/h4,6H,5,13H2,1-3H3,(H,15,16). The molecule has 0 radical (unpaired) electrons. The highest BCUT2D eigenvalue weighted by Gasteiger charge is 2.24. The number of pyridine rings is 1. The van der Waals surface area contributed by atoms with Gasteiger partial charge in [-0.3, -0.25) is 0 Å². The third-order valence-electron chi connectivity index (χ3n) is 2.00. The predicted octanol–water partition coefficient (Wildman–Crippen LogP) is 1.19. The molecule has 1 aromatic heterocycles. The molecule has 0 spiro atoms. The van der Waals surface area contributed by atoms with E-state index < -0.39 is 17.5 Å². The molecule has 0 aliphatic rings. The quantitative estimate of drug-likeness (QED) is 0.783. The van der Waals surface area contributed by atoms with E-state index in [1.54, 1.807) is 20.8 Å². The second-order valence-corrected chi connectivity index (χ2v) is 4.75. The zero-order valence-electron chi connectivity index (χ0n) is 10.6. The summed E-state index contributed by atoms with van der Waals surface area (Å²) < 4.78 is 5.09. The van der Waals surface area contributed by atoms with E-state index in [0.717, 1.165) is 0 Å². The number of carbonyl (C=O) groups excluding carboxylic acids is 1. The molecule has 6 nitrogen and oxygen atoms in total. The van der Waals surface area contributed by atoms with E-state index in [-0.39, 0.29) is 17.8 Å². The van der Waals surface area contributed by atoms with E-state index in [4.69, 9.17) is 15.6 Å². The summed E-state index contributed by atoms with van der Waals surface area (Å²) in [6.07, 6.45) is 1.37. The Balaban J connectivity index is 3.16. The Bertz CT molecular complexity index is 477. The molecule has 1 aromatic rings. The lowest BCUT2D eigenvalue weighted by Crippen LogP contribution is -2.26. The maximum Gasteiger partial charge on any atom is 0.358 e. The Kier molecular flexibility index (Phi) is 4.03. The predicted molar refractivity (Wildman–Crippen MR) is 64.3 cm³/mol. The molecule has 0 saturated carbocycles. The number of nitrogens with two attached hydrogens (primary N) is 1. The van der Waals surface area contributed by atoms with Gasteiger partial charge in [-0.15, -0.1) is 0 Å². The second-order valence-electron chi connectivity index (χ2n) is 4.75. The highest BCUT2D eigenvalue weighted by atomic mass is 16.6. The van der Waals surface area contributed by atoms with Gasteiger partial charge in [0.05, 0.1) is 5.56 Å². The van der Waals surface area contributed by atoms with Crippen LogP contribution in [0.2, 0.25) is 0 Å². The van der Waals surface area contributed by atoms with E-state index in [9.17, 15) is 9.59 Å². The van der Waals surface area contributed by atoms with Crippen LogP contribution in [0.4, 0.5) is 0 Å². The maximum atomic E-state index is 11.8. The number of carbonyl (C=O) groups is 2. The van der Waals surface area contributed by atoms with Gasteiger partial charge in [0.25, 0.3) is 0 Å². The fourth-order valence-electron chi connectivity index (χ4n) is 1.27. The van der Waals surface area contributed by atoms with Crippen LogP contribution in [0.5, 0.6) is 0 Å². The molecule has 0 aromatic carbocycles. The van der Waals surface area contributed by atoms with E-state index in [0.29, 0.717) is 5.56 Å². The largest absolute Gasteiger partial charge is 0.478 e. The zero-order chi connectivity index (χ0) is 13.9. The molecular weight excluding hydrogens is 236 g/mol. The fourth-order valence-corrected chi connectivity index (χ4v) is 1.27. The van der Waals surface area contributed by atoms with Gasteiger partial charge in [0.1, 0.15) is 5.60 Å². The lowest BCUT2D eigenvalue weighted by molar-refractivity contribution is 0.00589. The number of esters is 1. The van der Waals surface area contributed by atoms with Crippen LogP contribution in [0, 0.1) is 0 Å². The van der Waals surface area contributed by atoms with Gasteiger partial charge < -0.3 is 15.6 Å².